The third-order valence-electron chi connectivity index (χ3n) is 12.7. The average molecular weight is 881 g/mol. The number of nitrogens with zero attached hydrogens (tertiary/aromatic N) is 6. The van der Waals surface area contributed by atoms with E-state index in [-0.39, 0.29) is 16.7 Å². The number of alkyl halides is 3. The first-order chi connectivity index (χ1) is 33.1. The molecule has 2 heterocycles. The van der Waals surface area contributed by atoms with Crippen LogP contribution in [-0.4, -0.2) is 9.13 Å². The minimum Gasteiger partial charge on any atom is -0.309 e. The second kappa shape index (κ2) is 16.1. The molecule has 0 unspecified atom stereocenters. The molecule has 0 amide bonds. The molecule has 0 atom stereocenters. The minimum atomic E-state index is -4.76. The van der Waals surface area contributed by atoms with Crippen LogP contribution < -0.4 is 0 Å². The summed E-state index contributed by atoms with van der Waals surface area (Å²) in [5.74, 6) is 0. The van der Waals surface area contributed by atoms with Gasteiger partial charge in [0, 0.05) is 32.7 Å². The van der Waals surface area contributed by atoms with E-state index in [2.05, 4.69) is 45.5 Å². The van der Waals surface area contributed by atoms with Crippen LogP contribution in [0.15, 0.2) is 188 Å². The van der Waals surface area contributed by atoms with Crippen LogP contribution in [0.5, 0.6) is 0 Å². The van der Waals surface area contributed by atoms with Crippen LogP contribution in [-0.2, 0) is 6.18 Å². The summed E-state index contributed by atoms with van der Waals surface area (Å²) in [4.78, 5) is 0. The van der Waals surface area contributed by atoms with Gasteiger partial charge in [-0.3, -0.25) is 0 Å². The molecule has 11 aromatic rings. The number of fused-ring (bicyclic) bond motifs is 6. The summed E-state index contributed by atoms with van der Waals surface area (Å²) in [6.45, 7) is 0. The third-order valence-corrected chi connectivity index (χ3v) is 12.7. The van der Waals surface area contributed by atoms with E-state index < -0.39 is 11.7 Å². The number of hydrogen-bond donors (Lipinski definition) is 0. The van der Waals surface area contributed by atoms with Crippen LogP contribution in [0.2, 0.25) is 0 Å². The first-order valence-electron chi connectivity index (χ1n) is 21.5. The summed E-state index contributed by atoms with van der Waals surface area (Å²) < 4.78 is 49.1. The molecule has 6 nitrogen and oxygen atoms in total. The topological polar surface area (TPSA) is 105 Å². The standard InChI is InChI=1S/C59H31F3N6/c60-59(61,62)52-27-38(34-65)13-22-45(52)44-21-26-56(67-53-7-3-1-5-46(53)49-29-42(19-24-55(49)67)40-15-9-36(32-63)10-16-40)51(31-44)48-23-14-39(35-66)28-58(48)68-54-8-4-2-6-47(54)50-30-43(20-25-57(50)68)41-17-11-37(33-64)12-18-41/h1-31H. The van der Waals surface area contributed by atoms with E-state index in [0.717, 1.165) is 71.9 Å². The fourth-order valence-corrected chi connectivity index (χ4v) is 9.53. The van der Waals surface area contributed by atoms with E-state index >= 15 is 0 Å². The Morgan fingerprint density at radius 1 is 0.324 bits per heavy atom. The van der Waals surface area contributed by atoms with Crippen molar-refractivity contribution < 1.29 is 13.2 Å². The summed E-state index contributed by atoms with van der Waals surface area (Å²) in [5, 5.41) is 42.8. The van der Waals surface area contributed by atoms with Crippen molar-refractivity contribution in [1.82, 2.24) is 9.13 Å². The van der Waals surface area contributed by atoms with Crippen LogP contribution in [0.1, 0.15) is 27.8 Å². The maximum atomic E-state index is 14.9. The average Bonchev–Trinajstić information content (AvgIpc) is 3.90. The van der Waals surface area contributed by atoms with Crippen LogP contribution in [0.3, 0.4) is 0 Å². The van der Waals surface area contributed by atoms with Gasteiger partial charge in [-0.05, 0) is 130 Å². The van der Waals surface area contributed by atoms with E-state index in [9.17, 15) is 34.2 Å². The van der Waals surface area contributed by atoms with E-state index in [1.807, 2.05) is 115 Å². The van der Waals surface area contributed by atoms with Gasteiger partial charge in [-0.2, -0.15) is 34.2 Å². The molecule has 9 heteroatoms. The zero-order valence-electron chi connectivity index (χ0n) is 35.7. The molecule has 9 aromatic carbocycles. The molecule has 0 spiro atoms. The Balaban J connectivity index is 1.21. The number of aromatic nitrogens is 2. The van der Waals surface area contributed by atoms with Gasteiger partial charge in [0.05, 0.1) is 85.5 Å². The predicted octanol–water partition coefficient (Wildman–Crippen LogP) is 15.1. The van der Waals surface area contributed by atoms with Crippen molar-refractivity contribution in [1.29, 1.82) is 21.0 Å². The van der Waals surface area contributed by atoms with Crippen molar-refractivity contribution >= 4 is 43.6 Å². The van der Waals surface area contributed by atoms with Crippen molar-refractivity contribution in [3.63, 3.8) is 0 Å². The molecule has 0 fully saturated rings. The lowest BCUT2D eigenvalue weighted by Gasteiger charge is -2.21. The van der Waals surface area contributed by atoms with Gasteiger partial charge in [-0.15, -0.1) is 0 Å². The van der Waals surface area contributed by atoms with Crippen LogP contribution in [0, 0.1) is 45.3 Å². The van der Waals surface area contributed by atoms with E-state index in [4.69, 9.17) is 0 Å². The number of rotatable bonds is 6. The largest absolute Gasteiger partial charge is 0.417 e. The zero-order chi connectivity index (χ0) is 46.7. The van der Waals surface area contributed by atoms with Gasteiger partial charge in [-0.1, -0.05) is 91.0 Å². The van der Waals surface area contributed by atoms with Gasteiger partial charge in [-0.25, -0.2) is 0 Å². The van der Waals surface area contributed by atoms with E-state index in [1.165, 1.54) is 12.1 Å². The van der Waals surface area contributed by atoms with Gasteiger partial charge >= 0.3 is 6.18 Å². The minimum absolute atomic E-state index is 0.0824. The van der Waals surface area contributed by atoms with Gasteiger partial charge in [0.1, 0.15) is 0 Å². The molecule has 68 heavy (non-hydrogen) atoms. The predicted molar refractivity (Wildman–Crippen MR) is 261 cm³/mol. The van der Waals surface area contributed by atoms with E-state index in [0.29, 0.717) is 39.2 Å². The molecule has 0 bridgehead atoms. The van der Waals surface area contributed by atoms with Gasteiger partial charge in [0.25, 0.3) is 0 Å². The molecule has 0 radical (unpaired) electrons. The first kappa shape index (κ1) is 41.1. The Labute approximate surface area is 387 Å². The van der Waals surface area contributed by atoms with E-state index in [1.54, 1.807) is 42.5 Å². The number of nitriles is 4. The summed E-state index contributed by atoms with van der Waals surface area (Å²) >= 11 is 0. The molecule has 11 rings (SSSR count). The molecule has 318 valence electrons. The summed E-state index contributed by atoms with van der Waals surface area (Å²) in [6, 6.07) is 66.1. The normalized spacial score (nSPS) is 11.4. The molecular weight excluding hydrogens is 850 g/mol. The monoisotopic (exact) mass is 880 g/mol. The quantitative estimate of drug-likeness (QED) is 0.166. The second-order valence-corrected chi connectivity index (χ2v) is 16.5. The van der Waals surface area contributed by atoms with Crippen LogP contribution in [0.4, 0.5) is 13.2 Å². The lowest BCUT2D eigenvalue weighted by Crippen LogP contribution is -2.08. The van der Waals surface area contributed by atoms with Crippen molar-refractivity contribution in [3.05, 3.63) is 216 Å². The summed E-state index contributed by atoms with van der Waals surface area (Å²) in [6.07, 6.45) is -4.76. The Morgan fingerprint density at radius 2 is 0.750 bits per heavy atom. The highest BCUT2D eigenvalue weighted by molar-refractivity contribution is 6.13. The molecule has 2 aromatic heterocycles. The maximum absolute atomic E-state index is 14.9. The Morgan fingerprint density at radius 3 is 1.26 bits per heavy atom. The first-order valence-corrected chi connectivity index (χ1v) is 21.5. The fraction of sp³-hybridized carbons (Fsp3) is 0.0169. The second-order valence-electron chi connectivity index (χ2n) is 16.5. The fourth-order valence-electron chi connectivity index (χ4n) is 9.53. The highest BCUT2D eigenvalue weighted by Gasteiger charge is 2.34. The Bertz CT molecular complexity index is 4050. The van der Waals surface area contributed by atoms with Crippen molar-refractivity contribution in [2.45, 2.75) is 6.18 Å². The smallest absolute Gasteiger partial charge is 0.309 e. The molecule has 0 saturated carbocycles. The third kappa shape index (κ3) is 6.79. The van der Waals surface area contributed by atoms with Gasteiger partial charge < -0.3 is 9.13 Å². The zero-order valence-corrected chi connectivity index (χ0v) is 35.7. The summed E-state index contributed by atoms with van der Waals surface area (Å²) in [5.41, 5.74) is 10.4. The molecule has 0 aliphatic rings. The van der Waals surface area contributed by atoms with Crippen LogP contribution in [0.25, 0.3) is 99.5 Å². The van der Waals surface area contributed by atoms with Crippen molar-refractivity contribution in [3.8, 4) is 80.2 Å². The highest BCUT2D eigenvalue weighted by Crippen LogP contribution is 2.45. The lowest BCUT2D eigenvalue weighted by molar-refractivity contribution is -0.137. The van der Waals surface area contributed by atoms with Crippen LogP contribution >= 0.6 is 0 Å². The molecule has 0 aliphatic heterocycles. The SMILES string of the molecule is N#Cc1ccc(-c2ccc3c(c2)c2ccccc2n3-c2ccc(-c3ccc(C#N)cc3C(F)(F)F)cc2-c2ccc(C#N)cc2-n2c3ccccc3c3cc(-c4ccc(C#N)cc4)ccc32)cc1. The van der Waals surface area contributed by atoms with Crippen molar-refractivity contribution in [2.75, 3.05) is 0 Å². The molecular formula is C59H31F3N6. The number of benzene rings is 9. The number of halogens is 3. The van der Waals surface area contributed by atoms with Gasteiger partial charge in [0.2, 0.25) is 0 Å². The van der Waals surface area contributed by atoms with Gasteiger partial charge in [0.15, 0.2) is 0 Å². The number of para-hydroxylation sites is 2. The highest BCUT2D eigenvalue weighted by atomic mass is 19.4. The lowest BCUT2D eigenvalue weighted by atomic mass is 9.92. The molecule has 0 saturated heterocycles. The maximum Gasteiger partial charge on any atom is 0.417 e. The number of hydrogen-bond acceptors (Lipinski definition) is 4. The Kier molecular flexibility index (Phi) is 9.72. The molecule has 0 N–H and O–H groups in total. The van der Waals surface area contributed by atoms with Crippen molar-refractivity contribution in [2.24, 2.45) is 0 Å². The summed E-state index contributed by atoms with van der Waals surface area (Å²) in [7, 11) is 0. The Hall–Kier alpha value is -9.67. The molecule has 0 aliphatic carbocycles.